The fourth-order valence-electron chi connectivity index (χ4n) is 2.42. The third-order valence-electron chi connectivity index (χ3n) is 3.32. The van der Waals surface area contributed by atoms with Gasteiger partial charge in [0.1, 0.15) is 11.8 Å². The van der Waals surface area contributed by atoms with E-state index in [4.69, 9.17) is 5.26 Å². The Balaban J connectivity index is 1.80. The average Bonchev–Trinajstić information content (AvgIpc) is 2.85. The molecule has 0 spiro atoms. The van der Waals surface area contributed by atoms with Crippen LogP contribution in [0.25, 0.3) is 0 Å². The molecular weight excluding hydrogens is 242 g/mol. The monoisotopic (exact) mass is 261 g/mol. The van der Waals surface area contributed by atoms with Gasteiger partial charge in [-0.2, -0.15) is 17.0 Å². The maximum Gasteiger partial charge on any atom is 0.140 e. The van der Waals surface area contributed by atoms with Crippen molar-refractivity contribution in [3.63, 3.8) is 0 Å². The highest BCUT2D eigenvalue weighted by Gasteiger charge is 2.23. The first-order chi connectivity index (χ1) is 8.81. The average molecular weight is 261 g/mol. The van der Waals surface area contributed by atoms with E-state index in [0.717, 1.165) is 17.4 Å². The lowest BCUT2D eigenvalue weighted by atomic mass is 10.2. The zero-order valence-electron chi connectivity index (χ0n) is 10.7. The van der Waals surface area contributed by atoms with Crippen LogP contribution in [-0.2, 0) is 6.54 Å². The van der Waals surface area contributed by atoms with Crippen molar-refractivity contribution in [2.75, 3.05) is 5.75 Å². The lowest BCUT2D eigenvalue weighted by Crippen LogP contribution is -2.26. The SMILES string of the molecule is CCSC1CCC(NCc2ccnc(C#N)c2)C1. The number of aromatic nitrogens is 1. The van der Waals surface area contributed by atoms with Crippen molar-refractivity contribution in [3.8, 4) is 6.07 Å². The van der Waals surface area contributed by atoms with Gasteiger partial charge in [-0.3, -0.25) is 0 Å². The maximum absolute atomic E-state index is 8.80. The van der Waals surface area contributed by atoms with Crippen molar-refractivity contribution in [1.29, 1.82) is 5.26 Å². The molecule has 0 saturated heterocycles. The zero-order chi connectivity index (χ0) is 12.8. The fraction of sp³-hybridized carbons (Fsp3) is 0.571. The van der Waals surface area contributed by atoms with Crippen LogP contribution in [0.3, 0.4) is 0 Å². The summed E-state index contributed by atoms with van der Waals surface area (Å²) >= 11 is 2.08. The second kappa shape index (κ2) is 6.77. The van der Waals surface area contributed by atoms with Crippen LogP contribution < -0.4 is 5.32 Å². The first kappa shape index (κ1) is 13.4. The molecule has 0 radical (unpaired) electrons. The van der Waals surface area contributed by atoms with Gasteiger partial charge in [0.2, 0.25) is 0 Å². The van der Waals surface area contributed by atoms with Crippen molar-refractivity contribution in [1.82, 2.24) is 10.3 Å². The number of pyridine rings is 1. The van der Waals surface area contributed by atoms with Gasteiger partial charge in [0.15, 0.2) is 0 Å². The maximum atomic E-state index is 8.80. The lowest BCUT2D eigenvalue weighted by molar-refractivity contribution is 0.525. The van der Waals surface area contributed by atoms with E-state index in [2.05, 4.69) is 35.1 Å². The van der Waals surface area contributed by atoms with E-state index in [1.54, 1.807) is 6.20 Å². The Hall–Kier alpha value is -1.05. The molecule has 1 saturated carbocycles. The summed E-state index contributed by atoms with van der Waals surface area (Å²) in [5.41, 5.74) is 1.65. The Bertz CT molecular complexity index is 427. The molecule has 96 valence electrons. The molecule has 0 amide bonds. The van der Waals surface area contributed by atoms with E-state index in [-0.39, 0.29) is 0 Å². The van der Waals surface area contributed by atoms with Crippen LogP contribution in [0.5, 0.6) is 0 Å². The number of nitrogens with zero attached hydrogens (tertiary/aromatic N) is 2. The highest BCUT2D eigenvalue weighted by atomic mass is 32.2. The van der Waals surface area contributed by atoms with E-state index in [1.165, 1.54) is 25.0 Å². The highest BCUT2D eigenvalue weighted by molar-refractivity contribution is 7.99. The van der Waals surface area contributed by atoms with E-state index in [1.807, 2.05) is 12.1 Å². The second-order valence-corrected chi connectivity index (χ2v) is 6.21. The minimum absolute atomic E-state index is 0.500. The fourth-order valence-corrected chi connectivity index (χ4v) is 3.56. The molecule has 1 aliphatic carbocycles. The Morgan fingerprint density at radius 2 is 2.44 bits per heavy atom. The molecule has 2 rings (SSSR count). The van der Waals surface area contributed by atoms with Gasteiger partial charge in [0.25, 0.3) is 0 Å². The van der Waals surface area contributed by atoms with E-state index in [9.17, 15) is 0 Å². The van der Waals surface area contributed by atoms with Crippen LogP contribution in [0.4, 0.5) is 0 Å². The molecule has 0 aromatic carbocycles. The molecule has 2 atom stereocenters. The largest absolute Gasteiger partial charge is 0.310 e. The van der Waals surface area contributed by atoms with Crippen molar-refractivity contribution >= 4 is 11.8 Å². The van der Waals surface area contributed by atoms with E-state index in [0.29, 0.717) is 11.7 Å². The number of nitriles is 1. The van der Waals surface area contributed by atoms with Gasteiger partial charge in [0, 0.05) is 24.0 Å². The Morgan fingerprint density at radius 3 is 3.22 bits per heavy atom. The van der Waals surface area contributed by atoms with Crippen LogP contribution in [-0.4, -0.2) is 22.0 Å². The lowest BCUT2D eigenvalue weighted by Gasteiger charge is -2.13. The summed E-state index contributed by atoms with van der Waals surface area (Å²) in [7, 11) is 0. The minimum Gasteiger partial charge on any atom is -0.310 e. The van der Waals surface area contributed by atoms with E-state index < -0.39 is 0 Å². The van der Waals surface area contributed by atoms with Gasteiger partial charge in [-0.1, -0.05) is 6.92 Å². The zero-order valence-corrected chi connectivity index (χ0v) is 11.5. The molecule has 0 bridgehead atoms. The molecule has 18 heavy (non-hydrogen) atoms. The third-order valence-corrected chi connectivity index (χ3v) is 4.55. The smallest absolute Gasteiger partial charge is 0.140 e. The van der Waals surface area contributed by atoms with Gasteiger partial charge >= 0.3 is 0 Å². The normalized spacial score (nSPS) is 22.9. The predicted octanol–water partition coefficient (Wildman–Crippen LogP) is 2.72. The molecular formula is C14H19N3S. The van der Waals surface area contributed by atoms with Crippen LogP contribution in [0, 0.1) is 11.3 Å². The molecule has 1 N–H and O–H groups in total. The quantitative estimate of drug-likeness (QED) is 0.885. The van der Waals surface area contributed by atoms with Crippen LogP contribution >= 0.6 is 11.8 Å². The van der Waals surface area contributed by atoms with Crippen molar-refractivity contribution in [3.05, 3.63) is 29.6 Å². The standard InChI is InChI=1S/C14H19N3S/c1-2-18-14-4-3-12(8-14)17-10-11-5-6-16-13(7-11)9-15/h5-7,12,14,17H,2-4,8,10H2,1H3. The Morgan fingerprint density at radius 1 is 1.56 bits per heavy atom. The number of nitrogens with one attached hydrogen (secondary N) is 1. The number of thioether (sulfide) groups is 1. The van der Waals surface area contributed by atoms with Crippen LogP contribution in [0.2, 0.25) is 0 Å². The van der Waals surface area contributed by atoms with Gasteiger partial charge in [-0.05, 0) is 42.7 Å². The minimum atomic E-state index is 0.500. The summed E-state index contributed by atoms with van der Waals surface area (Å²) < 4.78 is 0. The summed E-state index contributed by atoms with van der Waals surface area (Å²) in [5, 5.41) is 13.2. The first-order valence-corrected chi connectivity index (χ1v) is 7.56. The van der Waals surface area contributed by atoms with Crippen LogP contribution in [0.1, 0.15) is 37.4 Å². The summed E-state index contributed by atoms with van der Waals surface area (Å²) in [6.45, 7) is 3.07. The van der Waals surface area contributed by atoms with Crippen molar-refractivity contribution < 1.29 is 0 Å². The first-order valence-electron chi connectivity index (χ1n) is 6.52. The Kier molecular flexibility index (Phi) is 5.03. The van der Waals surface area contributed by atoms with Crippen LogP contribution in [0.15, 0.2) is 18.3 Å². The molecule has 4 heteroatoms. The number of rotatable bonds is 5. The molecule has 1 aliphatic rings. The van der Waals surface area contributed by atoms with Gasteiger partial charge in [0.05, 0.1) is 0 Å². The molecule has 1 aromatic heterocycles. The van der Waals surface area contributed by atoms with E-state index >= 15 is 0 Å². The highest BCUT2D eigenvalue weighted by Crippen LogP contribution is 2.29. The molecule has 3 nitrogen and oxygen atoms in total. The van der Waals surface area contributed by atoms with Crippen molar-refractivity contribution in [2.45, 2.75) is 44.0 Å². The molecule has 2 unspecified atom stereocenters. The molecule has 1 aromatic rings. The topological polar surface area (TPSA) is 48.7 Å². The number of hydrogen-bond acceptors (Lipinski definition) is 4. The summed E-state index contributed by atoms with van der Waals surface area (Å²) in [6, 6.07) is 6.54. The molecule has 1 heterocycles. The number of hydrogen-bond donors (Lipinski definition) is 1. The third kappa shape index (κ3) is 3.72. The van der Waals surface area contributed by atoms with Gasteiger partial charge in [-0.25, -0.2) is 4.98 Å². The summed E-state index contributed by atoms with van der Waals surface area (Å²) in [4.78, 5) is 3.98. The van der Waals surface area contributed by atoms with Crippen molar-refractivity contribution in [2.24, 2.45) is 0 Å². The van der Waals surface area contributed by atoms with Gasteiger partial charge in [-0.15, -0.1) is 0 Å². The second-order valence-electron chi connectivity index (χ2n) is 4.63. The summed E-state index contributed by atoms with van der Waals surface area (Å²) in [5.74, 6) is 1.22. The molecule has 0 aliphatic heterocycles. The van der Waals surface area contributed by atoms with Gasteiger partial charge < -0.3 is 5.32 Å². The summed E-state index contributed by atoms with van der Waals surface area (Å²) in [6.07, 6.45) is 5.58. The molecule has 1 fully saturated rings. The predicted molar refractivity (Wildman–Crippen MR) is 75.4 cm³/mol. The Labute approximate surface area is 113 Å².